The van der Waals surface area contributed by atoms with Gasteiger partial charge in [0.1, 0.15) is 0 Å². The zero-order chi connectivity index (χ0) is 16.5. The van der Waals surface area contributed by atoms with Crippen LogP contribution in [-0.4, -0.2) is 30.0 Å². The molecule has 1 amide bonds. The first-order valence-electron chi connectivity index (χ1n) is 7.36. The Kier molecular flexibility index (Phi) is 6.26. The molecule has 2 aromatic rings. The fourth-order valence-electron chi connectivity index (χ4n) is 1.92. The third-order valence-corrected chi connectivity index (χ3v) is 3.00. The topological polar surface area (TPSA) is 80.3 Å². The summed E-state index contributed by atoms with van der Waals surface area (Å²) in [5.41, 5.74) is 1.96. The molecule has 0 fully saturated rings. The zero-order valence-corrected chi connectivity index (χ0v) is 12.9. The lowest BCUT2D eigenvalue weighted by Gasteiger charge is -2.07. The SMILES string of the molecule is CCOC(=O)c1ccc(NC(=O)CNCc2ccccn2)cc1. The lowest BCUT2D eigenvalue weighted by Crippen LogP contribution is -2.28. The van der Waals surface area contributed by atoms with Crippen LogP contribution in [0.15, 0.2) is 48.7 Å². The largest absolute Gasteiger partial charge is 0.462 e. The molecule has 0 aliphatic rings. The number of carbonyl (C=O) groups is 2. The lowest BCUT2D eigenvalue weighted by atomic mass is 10.2. The van der Waals surface area contributed by atoms with Crippen molar-refractivity contribution in [3.63, 3.8) is 0 Å². The maximum Gasteiger partial charge on any atom is 0.338 e. The van der Waals surface area contributed by atoms with E-state index in [0.29, 0.717) is 24.4 Å². The zero-order valence-electron chi connectivity index (χ0n) is 12.9. The molecule has 23 heavy (non-hydrogen) atoms. The molecule has 120 valence electrons. The fourth-order valence-corrected chi connectivity index (χ4v) is 1.92. The monoisotopic (exact) mass is 313 g/mol. The third-order valence-electron chi connectivity index (χ3n) is 3.00. The number of hydrogen-bond donors (Lipinski definition) is 2. The minimum Gasteiger partial charge on any atom is -0.462 e. The minimum atomic E-state index is -0.373. The quantitative estimate of drug-likeness (QED) is 0.764. The Morgan fingerprint density at radius 3 is 2.57 bits per heavy atom. The summed E-state index contributed by atoms with van der Waals surface area (Å²) in [5.74, 6) is -0.535. The maximum absolute atomic E-state index is 11.8. The number of benzene rings is 1. The van der Waals surface area contributed by atoms with Gasteiger partial charge in [-0.15, -0.1) is 0 Å². The van der Waals surface area contributed by atoms with E-state index in [1.165, 1.54) is 0 Å². The van der Waals surface area contributed by atoms with Crippen molar-refractivity contribution in [2.24, 2.45) is 0 Å². The molecule has 0 spiro atoms. The molecule has 0 radical (unpaired) electrons. The molecule has 1 aromatic heterocycles. The number of amides is 1. The first-order valence-corrected chi connectivity index (χ1v) is 7.36. The summed E-state index contributed by atoms with van der Waals surface area (Å²) in [7, 11) is 0. The summed E-state index contributed by atoms with van der Waals surface area (Å²) in [5, 5.41) is 5.77. The molecule has 0 saturated heterocycles. The van der Waals surface area contributed by atoms with Gasteiger partial charge in [-0.25, -0.2) is 4.79 Å². The molecule has 0 saturated carbocycles. The van der Waals surface area contributed by atoms with Crippen molar-refractivity contribution in [3.05, 3.63) is 59.9 Å². The number of esters is 1. The van der Waals surface area contributed by atoms with Gasteiger partial charge in [0.2, 0.25) is 5.91 Å². The minimum absolute atomic E-state index is 0.162. The van der Waals surface area contributed by atoms with Gasteiger partial charge in [0, 0.05) is 18.4 Å². The number of hydrogen-bond acceptors (Lipinski definition) is 5. The molecule has 0 bridgehead atoms. The van der Waals surface area contributed by atoms with Crippen LogP contribution in [-0.2, 0) is 16.1 Å². The average Bonchev–Trinajstić information content (AvgIpc) is 2.57. The van der Waals surface area contributed by atoms with E-state index in [2.05, 4.69) is 15.6 Å². The number of pyridine rings is 1. The van der Waals surface area contributed by atoms with E-state index < -0.39 is 0 Å². The van der Waals surface area contributed by atoms with E-state index in [-0.39, 0.29) is 18.4 Å². The van der Waals surface area contributed by atoms with Gasteiger partial charge in [0.25, 0.3) is 0 Å². The van der Waals surface area contributed by atoms with Crippen molar-refractivity contribution in [2.75, 3.05) is 18.5 Å². The van der Waals surface area contributed by atoms with E-state index in [1.807, 2.05) is 18.2 Å². The van der Waals surface area contributed by atoms with Gasteiger partial charge >= 0.3 is 5.97 Å². The summed E-state index contributed by atoms with van der Waals surface area (Å²) in [6.45, 7) is 2.79. The highest BCUT2D eigenvalue weighted by molar-refractivity contribution is 5.93. The fraction of sp³-hybridized carbons (Fsp3) is 0.235. The predicted molar refractivity (Wildman–Crippen MR) is 87.0 cm³/mol. The Labute approximate surface area is 134 Å². The highest BCUT2D eigenvalue weighted by atomic mass is 16.5. The van der Waals surface area contributed by atoms with Crippen LogP contribution in [0.4, 0.5) is 5.69 Å². The smallest absolute Gasteiger partial charge is 0.338 e. The molecule has 0 aliphatic heterocycles. The average molecular weight is 313 g/mol. The number of nitrogens with one attached hydrogen (secondary N) is 2. The molecule has 6 heteroatoms. The van der Waals surface area contributed by atoms with Crippen LogP contribution < -0.4 is 10.6 Å². The highest BCUT2D eigenvalue weighted by Gasteiger charge is 2.07. The Morgan fingerprint density at radius 1 is 1.13 bits per heavy atom. The Hall–Kier alpha value is -2.73. The van der Waals surface area contributed by atoms with Crippen molar-refractivity contribution in [1.29, 1.82) is 0 Å². The van der Waals surface area contributed by atoms with Gasteiger partial charge in [-0.05, 0) is 43.3 Å². The number of nitrogens with zero attached hydrogens (tertiary/aromatic N) is 1. The molecular formula is C17H19N3O3. The Balaban J connectivity index is 1.77. The van der Waals surface area contributed by atoms with Crippen molar-refractivity contribution in [2.45, 2.75) is 13.5 Å². The third kappa shape index (κ3) is 5.52. The second-order valence-corrected chi connectivity index (χ2v) is 4.77. The standard InChI is InChI=1S/C17H19N3O3/c1-2-23-17(22)13-6-8-14(9-7-13)20-16(21)12-18-11-15-5-3-4-10-19-15/h3-10,18H,2,11-12H2,1H3,(H,20,21). The van der Waals surface area contributed by atoms with Crippen molar-refractivity contribution < 1.29 is 14.3 Å². The predicted octanol–water partition coefficient (Wildman–Crippen LogP) is 1.99. The number of ether oxygens (including phenoxy) is 1. The maximum atomic E-state index is 11.8. The molecule has 6 nitrogen and oxygen atoms in total. The second-order valence-electron chi connectivity index (χ2n) is 4.77. The molecule has 1 heterocycles. The molecule has 0 atom stereocenters. The first-order chi connectivity index (χ1) is 11.2. The Bertz CT molecular complexity index is 642. The van der Waals surface area contributed by atoms with Crippen molar-refractivity contribution in [3.8, 4) is 0 Å². The summed E-state index contributed by atoms with van der Waals surface area (Å²) in [4.78, 5) is 27.5. The van der Waals surface area contributed by atoms with E-state index in [4.69, 9.17) is 4.74 Å². The van der Waals surface area contributed by atoms with Gasteiger partial charge in [-0.2, -0.15) is 0 Å². The van der Waals surface area contributed by atoms with Crippen LogP contribution in [0.5, 0.6) is 0 Å². The summed E-state index contributed by atoms with van der Waals surface area (Å²) in [6.07, 6.45) is 1.71. The highest BCUT2D eigenvalue weighted by Crippen LogP contribution is 2.10. The van der Waals surface area contributed by atoms with Gasteiger partial charge in [-0.1, -0.05) is 6.07 Å². The molecule has 2 N–H and O–H groups in total. The lowest BCUT2D eigenvalue weighted by molar-refractivity contribution is -0.115. The van der Waals surface area contributed by atoms with E-state index in [1.54, 1.807) is 37.4 Å². The second kappa shape index (κ2) is 8.65. The first kappa shape index (κ1) is 16.6. The van der Waals surface area contributed by atoms with Crippen LogP contribution in [0.2, 0.25) is 0 Å². The van der Waals surface area contributed by atoms with E-state index >= 15 is 0 Å². The number of anilines is 1. The molecular weight excluding hydrogens is 294 g/mol. The number of rotatable bonds is 7. The molecule has 2 rings (SSSR count). The van der Waals surface area contributed by atoms with Crippen molar-refractivity contribution in [1.82, 2.24) is 10.3 Å². The van der Waals surface area contributed by atoms with Crippen LogP contribution in [0.1, 0.15) is 23.0 Å². The summed E-state index contributed by atoms with van der Waals surface area (Å²) < 4.78 is 4.90. The molecule has 0 unspecified atom stereocenters. The summed E-state index contributed by atoms with van der Waals surface area (Å²) in [6, 6.07) is 12.2. The van der Waals surface area contributed by atoms with Gasteiger partial charge in [0.05, 0.1) is 24.4 Å². The van der Waals surface area contributed by atoms with Crippen molar-refractivity contribution >= 4 is 17.6 Å². The van der Waals surface area contributed by atoms with Crippen LogP contribution in [0.25, 0.3) is 0 Å². The molecule has 1 aromatic carbocycles. The van der Waals surface area contributed by atoms with Gasteiger partial charge < -0.3 is 15.4 Å². The van der Waals surface area contributed by atoms with Crippen LogP contribution in [0, 0.1) is 0 Å². The number of aromatic nitrogens is 1. The van der Waals surface area contributed by atoms with Gasteiger partial charge in [0.15, 0.2) is 0 Å². The number of carbonyl (C=O) groups excluding carboxylic acids is 2. The van der Waals surface area contributed by atoms with Gasteiger partial charge in [-0.3, -0.25) is 9.78 Å². The molecule has 0 aliphatic carbocycles. The Morgan fingerprint density at radius 2 is 1.91 bits per heavy atom. The summed E-state index contributed by atoms with van der Waals surface area (Å²) >= 11 is 0. The normalized spacial score (nSPS) is 10.1. The van der Waals surface area contributed by atoms with Crippen LogP contribution in [0.3, 0.4) is 0 Å². The van der Waals surface area contributed by atoms with E-state index in [9.17, 15) is 9.59 Å². The van der Waals surface area contributed by atoms with Crippen LogP contribution >= 0.6 is 0 Å². The van der Waals surface area contributed by atoms with E-state index in [0.717, 1.165) is 5.69 Å².